The Bertz CT molecular complexity index is 948. The molecule has 3 aromatic rings. The maximum Gasteiger partial charge on any atom is 0.335 e. The lowest BCUT2D eigenvalue weighted by atomic mass is 10.1. The second-order valence-electron chi connectivity index (χ2n) is 5.34. The Kier molecular flexibility index (Phi) is 4.66. The number of fused-ring (bicyclic) bond motifs is 1. The minimum absolute atomic E-state index is 0.198. The molecule has 0 radical (unpaired) electrons. The molecule has 1 N–H and O–H groups in total. The molecule has 1 aromatic heterocycles. The van der Waals surface area contributed by atoms with Gasteiger partial charge in [-0.05, 0) is 42.8 Å². The van der Waals surface area contributed by atoms with Crippen molar-refractivity contribution in [2.45, 2.75) is 6.92 Å². The van der Waals surface area contributed by atoms with E-state index in [0.717, 1.165) is 10.9 Å². The number of carbonyl (C=O) groups excluding carboxylic acids is 1. The molecular weight excluding hydrogens is 320 g/mol. The van der Waals surface area contributed by atoms with Crippen LogP contribution in [0, 0.1) is 0 Å². The second kappa shape index (κ2) is 7.05. The van der Waals surface area contributed by atoms with Crippen LogP contribution in [0.25, 0.3) is 17.0 Å². The molecule has 5 heteroatoms. The van der Waals surface area contributed by atoms with Gasteiger partial charge < -0.3 is 14.3 Å². The lowest BCUT2D eigenvalue weighted by molar-refractivity contribution is 0.0696. The van der Waals surface area contributed by atoms with Crippen LogP contribution >= 0.6 is 0 Å². The third-order valence-corrected chi connectivity index (χ3v) is 3.64. The minimum Gasteiger partial charge on any atom is -0.490 e. The predicted octanol–water partition coefficient (Wildman–Crippen LogP) is 4.43. The lowest BCUT2D eigenvalue weighted by Gasteiger charge is -2.01. The number of furan rings is 1. The molecule has 0 amide bonds. The fourth-order valence-electron chi connectivity index (χ4n) is 2.42. The van der Waals surface area contributed by atoms with E-state index in [1.165, 1.54) is 18.2 Å². The lowest BCUT2D eigenvalue weighted by Crippen LogP contribution is -1.95. The predicted molar refractivity (Wildman–Crippen MR) is 94.1 cm³/mol. The topological polar surface area (TPSA) is 76.7 Å². The smallest absolute Gasteiger partial charge is 0.335 e. The molecule has 3 rings (SSSR count). The first kappa shape index (κ1) is 16.5. The van der Waals surface area contributed by atoms with Crippen LogP contribution in [0.5, 0.6) is 5.75 Å². The Morgan fingerprint density at radius 1 is 1.16 bits per heavy atom. The quantitative estimate of drug-likeness (QED) is 0.532. The van der Waals surface area contributed by atoms with Crippen LogP contribution in [0.15, 0.2) is 59.0 Å². The Morgan fingerprint density at radius 2 is 1.92 bits per heavy atom. The van der Waals surface area contributed by atoms with Crippen LogP contribution in [0.1, 0.15) is 33.4 Å². The van der Waals surface area contributed by atoms with Crippen LogP contribution < -0.4 is 4.74 Å². The molecule has 5 nitrogen and oxygen atoms in total. The number of carbonyl (C=O) groups is 2. The summed E-state index contributed by atoms with van der Waals surface area (Å²) < 4.78 is 11.1. The summed E-state index contributed by atoms with van der Waals surface area (Å²) in [6.07, 6.45) is 3.01. The second-order valence-corrected chi connectivity index (χ2v) is 5.34. The van der Waals surface area contributed by atoms with Crippen molar-refractivity contribution in [3.63, 3.8) is 0 Å². The molecule has 126 valence electrons. The van der Waals surface area contributed by atoms with Gasteiger partial charge in [0, 0.05) is 5.39 Å². The number of carboxylic acid groups (broad SMARTS) is 1. The number of rotatable bonds is 6. The van der Waals surface area contributed by atoms with E-state index in [9.17, 15) is 9.59 Å². The van der Waals surface area contributed by atoms with Crippen LogP contribution in [-0.4, -0.2) is 23.5 Å². The number of carboxylic acids is 1. The molecule has 0 aliphatic rings. The third kappa shape index (κ3) is 3.61. The van der Waals surface area contributed by atoms with Crippen LogP contribution in [0.3, 0.4) is 0 Å². The fourth-order valence-corrected chi connectivity index (χ4v) is 2.42. The number of benzene rings is 2. The van der Waals surface area contributed by atoms with E-state index in [1.54, 1.807) is 30.3 Å². The highest BCUT2D eigenvalue weighted by Crippen LogP contribution is 2.29. The molecule has 2 aromatic carbocycles. The number of ketones is 1. The number of ether oxygens (including phenoxy) is 1. The van der Waals surface area contributed by atoms with E-state index < -0.39 is 5.97 Å². The van der Waals surface area contributed by atoms with Gasteiger partial charge in [0.15, 0.2) is 17.1 Å². The van der Waals surface area contributed by atoms with E-state index in [2.05, 4.69) is 0 Å². The summed E-state index contributed by atoms with van der Waals surface area (Å²) in [5.41, 5.74) is 1.47. The van der Waals surface area contributed by atoms with Crippen molar-refractivity contribution in [2.75, 3.05) is 6.61 Å². The maximum atomic E-state index is 12.3. The number of hydrogen-bond acceptors (Lipinski definition) is 4. The molecule has 0 saturated carbocycles. The Hall–Kier alpha value is -3.34. The molecular formula is C20H16O5. The number of aromatic carboxylic acids is 1. The molecule has 0 fully saturated rings. The first-order chi connectivity index (χ1) is 12.1. The molecule has 0 unspecified atom stereocenters. The van der Waals surface area contributed by atoms with Gasteiger partial charge in [-0.25, -0.2) is 4.79 Å². The molecule has 0 bridgehead atoms. The SMILES string of the molecule is CCOc1cccc2cc(C(=O)/C=C/c3ccc(C(=O)O)cc3)oc12. The van der Waals surface area contributed by atoms with Crippen molar-refractivity contribution in [1.82, 2.24) is 0 Å². The van der Waals surface area contributed by atoms with Gasteiger partial charge in [-0.2, -0.15) is 0 Å². The van der Waals surface area contributed by atoms with Gasteiger partial charge in [0.25, 0.3) is 0 Å². The summed E-state index contributed by atoms with van der Waals surface area (Å²) in [5, 5.41) is 9.68. The fraction of sp³-hybridized carbons (Fsp3) is 0.100. The highest BCUT2D eigenvalue weighted by atomic mass is 16.5. The first-order valence-corrected chi connectivity index (χ1v) is 7.79. The number of hydrogen-bond donors (Lipinski definition) is 1. The van der Waals surface area contributed by atoms with Crippen molar-refractivity contribution in [3.8, 4) is 5.75 Å². The molecule has 0 aliphatic heterocycles. The highest BCUT2D eigenvalue weighted by Gasteiger charge is 2.13. The van der Waals surface area contributed by atoms with Crippen molar-refractivity contribution in [1.29, 1.82) is 0 Å². The zero-order chi connectivity index (χ0) is 17.8. The summed E-state index contributed by atoms with van der Waals surface area (Å²) in [7, 11) is 0. The summed E-state index contributed by atoms with van der Waals surface area (Å²) in [4.78, 5) is 23.1. The van der Waals surface area contributed by atoms with Gasteiger partial charge in [0.2, 0.25) is 5.78 Å². The summed E-state index contributed by atoms with van der Waals surface area (Å²) in [6, 6.07) is 13.4. The van der Waals surface area contributed by atoms with Gasteiger partial charge in [-0.15, -0.1) is 0 Å². The molecule has 1 heterocycles. The maximum absolute atomic E-state index is 12.3. The van der Waals surface area contributed by atoms with E-state index in [4.69, 9.17) is 14.3 Å². The zero-order valence-corrected chi connectivity index (χ0v) is 13.6. The molecule has 0 saturated heterocycles. The van der Waals surface area contributed by atoms with Gasteiger partial charge >= 0.3 is 5.97 Å². The molecule has 25 heavy (non-hydrogen) atoms. The minimum atomic E-state index is -0.987. The summed E-state index contributed by atoms with van der Waals surface area (Å²) >= 11 is 0. The molecule has 0 atom stereocenters. The van der Waals surface area contributed by atoms with Gasteiger partial charge in [-0.1, -0.05) is 30.3 Å². The average molecular weight is 336 g/mol. The highest BCUT2D eigenvalue weighted by molar-refractivity contribution is 6.07. The van der Waals surface area contributed by atoms with Gasteiger partial charge in [-0.3, -0.25) is 4.79 Å². The largest absolute Gasteiger partial charge is 0.490 e. The third-order valence-electron chi connectivity index (χ3n) is 3.64. The number of allylic oxidation sites excluding steroid dienone is 1. The summed E-state index contributed by atoms with van der Waals surface area (Å²) in [5.74, 6) is -0.437. The van der Waals surface area contributed by atoms with Crippen molar-refractivity contribution in [3.05, 3.63) is 71.5 Å². The Balaban J connectivity index is 1.82. The van der Waals surface area contributed by atoms with E-state index in [0.29, 0.717) is 17.9 Å². The van der Waals surface area contributed by atoms with Crippen LogP contribution in [-0.2, 0) is 0 Å². The van der Waals surface area contributed by atoms with Crippen LogP contribution in [0.2, 0.25) is 0 Å². The average Bonchev–Trinajstić information content (AvgIpc) is 3.05. The van der Waals surface area contributed by atoms with E-state index in [-0.39, 0.29) is 17.1 Å². The molecule has 0 spiro atoms. The molecule has 0 aliphatic carbocycles. The van der Waals surface area contributed by atoms with Crippen molar-refractivity contribution >= 4 is 28.8 Å². The Morgan fingerprint density at radius 3 is 2.60 bits per heavy atom. The monoisotopic (exact) mass is 336 g/mol. The van der Waals surface area contributed by atoms with E-state index >= 15 is 0 Å². The number of para-hydroxylation sites is 1. The van der Waals surface area contributed by atoms with Gasteiger partial charge in [0.1, 0.15) is 0 Å². The standard InChI is InChI=1S/C20H16O5/c1-2-24-17-5-3-4-15-12-18(25-19(15)17)16(21)11-8-13-6-9-14(10-7-13)20(22)23/h3-12H,2H2,1H3,(H,22,23)/b11-8+. The first-order valence-electron chi connectivity index (χ1n) is 7.79. The summed E-state index contributed by atoms with van der Waals surface area (Å²) in [6.45, 7) is 2.39. The van der Waals surface area contributed by atoms with Gasteiger partial charge in [0.05, 0.1) is 12.2 Å². The van der Waals surface area contributed by atoms with Crippen LogP contribution in [0.4, 0.5) is 0 Å². The zero-order valence-electron chi connectivity index (χ0n) is 13.6. The normalized spacial score (nSPS) is 11.1. The van der Waals surface area contributed by atoms with Crippen molar-refractivity contribution < 1.29 is 23.8 Å². The Labute approximate surface area is 144 Å². The van der Waals surface area contributed by atoms with Crippen molar-refractivity contribution in [2.24, 2.45) is 0 Å². The van der Waals surface area contributed by atoms with E-state index in [1.807, 2.05) is 19.1 Å².